The van der Waals surface area contributed by atoms with Gasteiger partial charge < -0.3 is 28.6 Å². The van der Waals surface area contributed by atoms with Gasteiger partial charge >= 0.3 is 115 Å². The summed E-state index contributed by atoms with van der Waals surface area (Å²) in [5, 5.41) is 35.8. The molecule has 35 heavy (non-hydrogen) atoms. The normalized spacial score (nSPS) is 9.86. The molecule has 0 unspecified atom stereocenters. The molecular formula is C22H15Na3O9Si. The molecule has 0 saturated carbocycles. The van der Waals surface area contributed by atoms with Gasteiger partial charge in [-0.25, -0.2) is 14.4 Å². The number of rotatable bonds is 6. The number of carbonyl (C=O) groups excluding carboxylic acids is 3. The smallest absolute Gasteiger partial charge is 0.872 e. The zero-order chi connectivity index (χ0) is 23.3. The number of hydrogen-bond donors (Lipinski definition) is 0. The van der Waals surface area contributed by atoms with Crippen molar-refractivity contribution >= 4 is 26.7 Å². The summed E-state index contributed by atoms with van der Waals surface area (Å²) in [6, 6.07) is 15.4. The first-order chi connectivity index (χ1) is 15.2. The van der Waals surface area contributed by atoms with Crippen molar-refractivity contribution < 1.29 is 132 Å². The average molecular weight is 520 g/mol. The van der Waals surface area contributed by atoms with Crippen LogP contribution in [-0.4, -0.2) is 26.7 Å². The molecule has 0 bridgehead atoms. The molecule has 0 aliphatic heterocycles. The molecule has 3 aromatic carbocycles. The van der Waals surface area contributed by atoms with E-state index in [9.17, 15) is 29.7 Å². The van der Waals surface area contributed by atoms with Crippen molar-refractivity contribution in [3.8, 4) is 17.2 Å². The fraction of sp³-hybridized carbons (Fsp3) is 0.0455. The monoisotopic (exact) mass is 520 g/mol. The van der Waals surface area contributed by atoms with Gasteiger partial charge in [0.2, 0.25) is 0 Å². The van der Waals surface area contributed by atoms with Crippen LogP contribution in [0.1, 0.15) is 31.1 Å². The molecule has 0 aromatic heterocycles. The Morgan fingerprint density at radius 3 is 1.00 bits per heavy atom. The Bertz CT molecular complexity index is 1050. The van der Waals surface area contributed by atoms with Crippen LogP contribution >= 0.6 is 0 Å². The predicted molar refractivity (Wildman–Crippen MR) is 106 cm³/mol. The third-order valence-corrected chi connectivity index (χ3v) is 5.82. The molecule has 0 atom stereocenters. The Morgan fingerprint density at radius 2 is 0.771 bits per heavy atom. The third-order valence-electron chi connectivity index (χ3n) is 4.16. The maximum Gasteiger partial charge on any atom is 1.00 e. The van der Waals surface area contributed by atoms with Crippen molar-refractivity contribution in [1.82, 2.24) is 0 Å². The molecule has 0 N–H and O–H groups in total. The van der Waals surface area contributed by atoms with E-state index in [4.69, 9.17) is 13.3 Å². The fourth-order valence-electron chi connectivity index (χ4n) is 2.64. The van der Waals surface area contributed by atoms with E-state index in [1.807, 2.05) is 0 Å². The van der Waals surface area contributed by atoms with Crippen molar-refractivity contribution in [3.63, 3.8) is 0 Å². The SMILES string of the molecule is C[Si](OC(=O)c1ccccc1[O-])(OC(=O)c1ccccc1[O-])OC(=O)c1ccccc1[O-].[Na+].[Na+].[Na+]. The van der Waals surface area contributed by atoms with E-state index in [1.165, 1.54) is 54.6 Å². The van der Waals surface area contributed by atoms with E-state index < -0.39 is 44.0 Å². The van der Waals surface area contributed by atoms with Crippen LogP contribution in [0.25, 0.3) is 0 Å². The molecule has 3 aromatic rings. The first-order valence-corrected chi connectivity index (χ1v) is 11.4. The fourth-order valence-corrected chi connectivity index (χ4v) is 4.10. The van der Waals surface area contributed by atoms with E-state index in [-0.39, 0.29) is 105 Å². The second-order valence-corrected chi connectivity index (χ2v) is 8.86. The Hall–Kier alpha value is -1.31. The molecular weight excluding hydrogens is 505 g/mol. The van der Waals surface area contributed by atoms with Crippen LogP contribution in [0.5, 0.6) is 17.2 Å². The predicted octanol–water partition coefficient (Wildman–Crippen LogP) is -7.64. The van der Waals surface area contributed by atoms with E-state index in [0.29, 0.717) is 0 Å². The minimum Gasteiger partial charge on any atom is -0.872 e. The van der Waals surface area contributed by atoms with Crippen molar-refractivity contribution in [2.24, 2.45) is 0 Å². The average Bonchev–Trinajstić information content (AvgIpc) is 2.74. The van der Waals surface area contributed by atoms with Crippen LogP contribution in [0.2, 0.25) is 6.55 Å². The van der Waals surface area contributed by atoms with E-state index in [1.54, 1.807) is 0 Å². The van der Waals surface area contributed by atoms with Crippen LogP contribution in [0.3, 0.4) is 0 Å². The van der Waals surface area contributed by atoms with Crippen LogP contribution in [-0.2, 0) is 13.3 Å². The Morgan fingerprint density at radius 1 is 0.543 bits per heavy atom. The van der Waals surface area contributed by atoms with Crippen molar-refractivity contribution in [2.45, 2.75) is 6.55 Å². The van der Waals surface area contributed by atoms with Crippen LogP contribution < -0.4 is 104 Å². The zero-order valence-corrected chi connectivity index (χ0v) is 26.6. The second-order valence-electron chi connectivity index (χ2n) is 6.52. The molecule has 9 nitrogen and oxygen atoms in total. The van der Waals surface area contributed by atoms with Gasteiger partial charge in [0.25, 0.3) is 0 Å². The Kier molecular flexibility index (Phi) is 14.5. The van der Waals surface area contributed by atoms with Gasteiger partial charge in [-0.1, -0.05) is 71.8 Å². The van der Waals surface area contributed by atoms with Crippen LogP contribution in [0, 0.1) is 0 Å². The topological polar surface area (TPSA) is 148 Å². The first-order valence-electron chi connectivity index (χ1n) is 9.18. The van der Waals surface area contributed by atoms with Crippen LogP contribution in [0.4, 0.5) is 0 Å². The molecule has 0 heterocycles. The summed E-state index contributed by atoms with van der Waals surface area (Å²) in [4.78, 5) is 37.7. The Labute approximate surface area is 268 Å². The number of benzene rings is 3. The van der Waals surface area contributed by atoms with Gasteiger partial charge in [-0.3, -0.25) is 0 Å². The molecule has 0 aliphatic rings. The summed E-state index contributed by atoms with van der Waals surface area (Å²) >= 11 is 0. The van der Waals surface area contributed by atoms with Gasteiger partial charge in [0.1, 0.15) is 0 Å². The largest absolute Gasteiger partial charge is 1.00 e. The number of para-hydroxylation sites is 3. The summed E-state index contributed by atoms with van der Waals surface area (Å²) in [6.45, 7) is 1.05. The summed E-state index contributed by atoms with van der Waals surface area (Å²) in [6.07, 6.45) is 0. The van der Waals surface area contributed by atoms with Crippen molar-refractivity contribution in [3.05, 3.63) is 89.5 Å². The second kappa shape index (κ2) is 15.1. The molecule has 0 fully saturated rings. The van der Waals surface area contributed by atoms with Gasteiger partial charge in [0.15, 0.2) is 0 Å². The maximum atomic E-state index is 12.6. The summed E-state index contributed by atoms with van der Waals surface area (Å²) in [5.74, 6) is -5.59. The van der Waals surface area contributed by atoms with E-state index >= 15 is 0 Å². The quantitative estimate of drug-likeness (QED) is 0.289. The summed E-state index contributed by atoms with van der Waals surface area (Å²) in [5.41, 5.74) is -1.15. The van der Waals surface area contributed by atoms with Crippen LogP contribution in [0.15, 0.2) is 72.8 Å². The number of carbonyl (C=O) groups is 3. The van der Waals surface area contributed by atoms with Crippen molar-refractivity contribution in [1.29, 1.82) is 0 Å². The summed E-state index contributed by atoms with van der Waals surface area (Å²) in [7, 11) is -4.52. The van der Waals surface area contributed by atoms with E-state index in [0.717, 1.165) is 24.7 Å². The van der Waals surface area contributed by atoms with E-state index in [2.05, 4.69) is 0 Å². The van der Waals surface area contributed by atoms with Gasteiger partial charge in [0.05, 0.1) is 16.7 Å². The Balaban J connectivity index is 0.00000385. The zero-order valence-electron chi connectivity index (χ0n) is 19.6. The molecule has 0 aliphatic carbocycles. The number of hydrogen-bond acceptors (Lipinski definition) is 9. The van der Waals surface area contributed by atoms with Crippen molar-refractivity contribution in [2.75, 3.05) is 0 Å². The molecule has 3 rings (SSSR count). The third kappa shape index (κ3) is 8.94. The standard InChI is InChI=1S/C22H18O9Si.3Na/c1-32(29-20(26)14-8-2-5-11-17(14)23,30-21(27)15-9-3-6-12-18(15)24)31-22(28)16-10-4-7-13-19(16)25;;;/h2-13,23-25H,1H3;;;/q;3*+1/p-3. The molecule has 0 spiro atoms. The molecule has 0 radical (unpaired) electrons. The molecule has 0 amide bonds. The van der Waals surface area contributed by atoms with Gasteiger partial charge in [0, 0.05) is 6.55 Å². The van der Waals surface area contributed by atoms with Gasteiger partial charge in [-0.15, -0.1) is 0 Å². The summed E-state index contributed by atoms with van der Waals surface area (Å²) < 4.78 is 15.5. The van der Waals surface area contributed by atoms with Gasteiger partial charge in [-0.05, 0) is 18.2 Å². The minimum atomic E-state index is -4.52. The molecule has 164 valence electrons. The van der Waals surface area contributed by atoms with Gasteiger partial charge in [-0.2, -0.15) is 0 Å². The molecule has 0 saturated heterocycles. The first kappa shape index (κ1) is 33.7. The minimum absolute atomic E-state index is 0. The molecule has 13 heteroatoms. The maximum absolute atomic E-state index is 12.6.